The predicted molar refractivity (Wildman–Crippen MR) is 56.7 cm³/mol. The van der Waals surface area contributed by atoms with Gasteiger partial charge in [0.05, 0.1) is 18.1 Å². The van der Waals surface area contributed by atoms with E-state index in [4.69, 9.17) is 10.8 Å². The summed E-state index contributed by atoms with van der Waals surface area (Å²) < 4.78 is 0. The van der Waals surface area contributed by atoms with E-state index in [9.17, 15) is 14.7 Å². The third-order valence-corrected chi connectivity index (χ3v) is 2.86. The summed E-state index contributed by atoms with van der Waals surface area (Å²) in [5.74, 6) is -1.63. The number of carbonyl (C=O) groups is 2. The van der Waals surface area contributed by atoms with E-state index in [0.717, 1.165) is 12.8 Å². The molecule has 1 aliphatic carbocycles. The highest BCUT2D eigenvalue weighted by atomic mass is 16.4. The number of nitrogens with one attached hydrogen (secondary N) is 1. The number of rotatable bonds is 5. The minimum Gasteiger partial charge on any atom is -0.481 e. The fraction of sp³-hybridized carbons (Fsp3) is 0.800. The number of carbonyl (C=O) groups excluding carboxylic acids is 1. The Balaban J connectivity index is 2.31. The average molecular weight is 230 g/mol. The highest BCUT2D eigenvalue weighted by molar-refractivity contribution is 5.85. The van der Waals surface area contributed by atoms with Gasteiger partial charge in [-0.25, -0.2) is 0 Å². The summed E-state index contributed by atoms with van der Waals surface area (Å²) in [6.45, 7) is 0.152. The average Bonchev–Trinajstić information content (AvgIpc) is 2.61. The summed E-state index contributed by atoms with van der Waals surface area (Å²) >= 11 is 0. The summed E-state index contributed by atoms with van der Waals surface area (Å²) in [4.78, 5) is 21.7. The van der Waals surface area contributed by atoms with Crippen LogP contribution in [0.15, 0.2) is 0 Å². The first-order chi connectivity index (χ1) is 7.43. The lowest BCUT2D eigenvalue weighted by Crippen LogP contribution is -2.47. The molecule has 1 rings (SSSR count). The van der Waals surface area contributed by atoms with E-state index in [1.54, 1.807) is 0 Å². The second-order valence-corrected chi connectivity index (χ2v) is 4.35. The first kappa shape index (κ1) is 12.9. The largest absolute Gasteiger partial charge is 0.481 e. The van der Waals surface area contributed by atoms with Gasteiger partial charge in [-0.15, -0.1) is 0 Å². The van der Waals surface area contributed by atoms with Crippen molar-refractivity contribution in [3.8, 4) is 0 Å². The topological polar surface area (TPSA) is 113 Å². The Labute approximate surface area is 93.8 Å². The molecule has 6 nitrogen and oxygen atoms in total. The normalized spacial score (nSPS) is 20.4. The highest BCUT2D eigenvalue weighted by Gasteiger charge is 2.31. The fourth-order valence-corrected chi connectivity index (χ4v) is 1.87. The van der Waals surface area contributed by atoms with Crippen LogP contribution in [-0.2, 0) is 9.59 Å². The second kappa shape index (κ2) is 5.27. The van der Waals surface area contributed by atoms with Crippen molar-refractivity contribution in [3.63, 3.8) is 0 Å². The van der Waals surface area contributed by atoms with Crippen LogP contribution < -0.4 is 11.1 Å². The molecule has 0 aromatic carbocycles. The van der Waals surface area contributed by atoms with Crippen LogP contribution in [0, 0.1) is 0 Å². The van der Waals surface area contributed by atoms with Gasteiger partial charge in [-0.1, -0.05) is 12.8 Å². The Morgan fingerprint density at radius 3 is 2.44 bits per heavy atom. The van der Waals surface area contributed by atoms with E-state index < -0.39 is 29.9 Å². The van der Waals surface area contributed by atoms with E-state index >= 15 is 0 Å². The quantitative estimate of drug-likeness (QED) is 0.494. The third kappa shape index (κ3) is 3.79. The lowest BCUT2D eigenvalue weighted by atomic mass is 10.0. The van der Waals surface area contributed by atoms with Gasteiger partial charge in [0, 0.05) is 6.54 Å². The van der Waals surface area contributed by atoms with Crippen molar-refractivity contribution in [3.05, 3.63) is 0 Å². The van der Waals surface area contributed by atoms with Gasteiger partial charge >= 0.3 is 5.97 Å². The molecular weight excluding hydrogens is 212 g/mol. The van der Waals surface area contributed by atoms with Gasteiger partial charge in [0.15, 0.2) is 0 Å². The molecule has 5 N–H and O–H groups in total. The van der Waals surface area contributed by atoms with Crippen molar-refractivity contribution in [1.82, 2.24) is 5.32 Å². The van der Waals surface area contributed by atoms with Crippen molar-refractivity contribution in [2.45, 2.75) is 43.7 Å². The maximum atomic E-state index is 11.4. The summed E-state index contributed by atoms with van der Waals surface area (Å²) in [6, 6.07) is -1.05. The van der Waals surface area contributed by atoms with Crippen LogP contribution in [0.5, 0.6) is 0 Å². The Morgan fingerprint density at radius 2 is 1.94 bits per heavy atom. The monoisotopic (exact) mass is 230 g/mol. The van der Waals surface area contributed by atoms with Gasteiger partial charge in [-0.05, 0) is 12.8 Å². The van der Waals surface area contributed by atoms with Gasteiger partial charge in [0.2, 0.25) is 5.91 Å². The van der Waals surface area contributed by atoms with Crippen LogP contribution in [-0.4, -0.2) is 40.3 Å². The van der Waals surface area contributed by atoms with Crippen molar-refractivity contribution in [2.24, 2.45) is 5.73 Å². The summed E-state index contributed by atoms with van der Waals surface area (Å²) in [6.07, 6.45) is 2.84. The molecule has 1 saturated carbocycles. The number of nitrogens with two attached hydrogens (primary N) is 1. The van der Waals surface area contributed by atoms with E-state index in [-0.39, 0.29) is 6.54 Å². The zero-order chi connectivity index (χ0) is 12.2. The number of hydrogen-bond acceptors (Lipinski definition) is 4. The zero-order valence-electron chi connectivity index (χ0n) is 9.11. The molecule has 1 unspecified atom stereocenters. The van der Waals surface area contributed by atoms with Gasteiger partial charge in [0.1, 0.15) is 0 Å². The van der Waals surface area contributed by atoms with Gasteiger partial charge < -0.3 is 21.3 Å². The number of amides is 1. The molecule has 6 heteroatoms. The van der Waals surface area contributed by atoms with Crippen molar-refractivity contribution >= 4 is 11.9 Å². The molecule has 0 aromatic heterocycles. The van der Waals surface area contributed by atoms with Crippen LogP contribution in [0.3, 0.4) is 0 Å². The molecule has 0 heterocycles. The van der Waals surface area contributed by atoms with Crippen LogP contribution >= 0.6 is 0 Å². The van der Waals surface area contributed by atoms with E-state index in [1.165, 1.54) is 0 Å². The first-order valence-electron chi connectivity index (χ1n) is 5.40. The van der Waals surface area contributed by atoms with Crippen LogP contribution in [0.2, 0.25) is 0 Å². The van der Waals surface area contributed by atoms with Crippen molar-refractivity contribution in [2.75, 3.05) is 6.54 Å². The summed E-state index contributed by atoms with van der Waals surface area (Å²) in [5, 5.41) is 20.9. The first-order valence-corrected chi connectivity index (χ1v) is 5.40. The Morgan fingerprint density at radius 1 is 1.38 bits per heavy atom. The molecule has 0 radical (unpaired) electrons. The summed E-state index contributed by atoms with van der Waals surface area (Å²) in [5.41, 5.74) is 4.54. The molecule has 0 bridgehead atoms. The van der Waals surface area contributed by atoms with Crippen molar-refractivity contribution < 1.29 is 19.8 Å². The number of aliphatic hydroxyl groups is 1. The molecule has 92 valence electrons. The van der Waals surface area contributed by atoms with Crippen molar-refractivity contribution in [1.29, 1.82) is 0 Å². The highest BCUT2D eigenvalue weighted by Crippen LogP contribution is 2.28. The number of carboxylic acids is 1. The third-order valence-electron chi connectivity index (χ3n) is 2.86. The maximum Gasteiger partial charge on any atom is 0.305 e. The molecule has 1 amide bonds. The molecule has 0 saturated heterocycles. The molecule has 1 aliphatic rings. The number of aliphatic carboxylic acids is 1. The minimum atomic E-state index is -1.11. The second-order valence-electron chi connectivity index (χ2n) is 4.35. The predicted octanol–water partition coefficient (Wildman–Crippen LogP) is -0.790. The lowest BCUT2D eigenvalue weighted by molar-refractivity contribution is -0.139. The van der Waals surface area contributed by atoms with Gasteiger partial charge in [-0.3, -0.25) is 9.59 Å². The zero-order valence-corrected chi connectivity index (χ0v) is 9.11. The van der Waals surface area contributed by atoms with Crippen LogP contribution in [0.25, 0.3) is 0 Å². The van der Waals surface area contributed by atoms with E-state index in [1.807, 2.05) is 0 Å². The SMILES string of the molecule is NC(CC(=O)O)C(=O)NCC1(O)CCCC1. The Bertz CT molecular complexity index is 274. The molecular formula is C10H18N2O4. The molecule has 1 atom stereocenters. The smallest absolute Gasteiger partial charge is 0.305 e. The van der Waals surface area contributed by atoms with Crippen LogP contribution in [0.4, 0.5) is 0 Å². The molecule has 1 fully saturated rings. The molecule has 0 aliphatic heterocycles. The fourth-order valence-electron chi connectivity index (χ4n) is 1.87. The van der Waals surface area contributed by atoms with E-state index in [2.05, 4.69) is 5.32 Å². The van der Waals surface area contributed by atoms with Crippen LogP contribution in [0.1, 0.15) is 32.1 Å². The van der Waals surface area contributed by atoms with Gasteiger partial charge in [0.25, 0.3) is 0 Å². The Kier molecular flexibility index (Phi) is 4.26. The number of hydrogen-bond donors (Lipinski definition) is 4. The lowest BCUT2D eigenvalue weighted by Gasteiger charge is -2.23. The summed E-state index contributed by atoms with van der Waals surface area (Å²) in [7, 11) is 0. The molecule has 0 spiro atoms. The van der Waals surface area contributed by atoms with Gasteiger partial charge in [-0.2, -0.15) is 0 Å². The Hall–Kier alpha value is -1.14. The maximum absolute atomic E-state index is 11.4. The minimum absolute atomic E-state index is 0.152. The molecule has 0 aromatic rings. The number of carboxylic acid groups (broad SMARTS) is 1. The standard InChI is InChI=1S/C10H18N2O4/c11-7(5-8(13)14)9(15)12-6-10(16)3-1-2-4-10/h7,16H,1-6,11H2,(H,12,15)(H,13,14). The van der Waals surface area contributed by atoms with E-state index in [0.29, 0.717) is 12.8 Å². The molecule has 16 heavy (non-hydrogen) atoms.